The van der Waals surface area contributed by atoms with E-state index >= 15 is 0 Å². The summed E-state index contributed by atoms with van der Waals surface area (Å²) in [6.45, 7) is 7.36. The summed E-state index contributed by atoms with van der Waals surface area (Å²) in [4.78, 5) is 34.5. The first-order valence-corrected chi connectivity index (χ1v) is 13.2. The first-order chi connectivity index (χ1) is 19.7. The molecule has 3 aromatic heterocycles. The molecule has 0 saturated carbocycles. The molecule has 1 aliphatic heterocycles. The fourth-order valence-corrected chi connectivity index (χ4v) is 4.56. The van der Waals surface area contributed by atoms with Gasteiger partial charge in [0.2, 0.25) is 5.95 Å². The predicted molar refractivity (Wildman–Crippen MR) is 151 cm³/mol. The first-order valence-electron chi connectivity index (χ1n) is 13.2. The number of rotatable bonds is 7. The molecule has 9 nitrogen and oxygen atoms in total. The molecule has 1 aromatic carbocycles. The average molecular weight is 563 g/mol. The van der Waals surface area contributed by atoms with E-state index in [0.29, 0.717) is 47.5 Å². The van der Waals surface area contributed by atoms with Crippen LogP contribution in [-0.4, -0.2) is 63.5 Å². The number of alkyl halides is 3. The quantitative estimate of drug-likeness (QED) is 0.309. The van der Waals surface area contributed by atoms with E-state index in [1.807, 2.05) is 17.0 Å². The maximum Gasteiger partial charge on any atom is 0.416 e. The van der Waals surface area contributed by atoms with Crippen LogP contribution in [0.15, 0.2) is 67.3 Å². The van der Waals surface area contributed by atoms with Gasteiger partial charge in [-0.1, -0.05) is 6.92 Å². The molecule has 0 radical (unpaired) electrons. The van der Waals surface area contributed by atoms with E-state index in [1.165, 1.54) is 12.3 Å². The number of amides is 1. The summed E-state index contributed by atoms with van der Waals surface area (Å²) in [7, 11) is 0. The number of anilines is 4. The molecule has 212 valence electrons. The number of carbonyl (C=O) groups is 1. The number of carbonyl (C=O) groups excluding carboxylic acids is 1. The maximum absolute atomic E-state index is 13.8. The van der Waals surface area contributed by atoms with Gasteiger partial charge in [0.05, 0.1) is 34.5 Å². The summed E-state index contributed by atoms with van der Waals surface area (Å²) in [6, 6.07) is 10.6. The van der Waals surface area contributed by atoms with Gasteiger partial charge in [-0.25, -0.2) is 9.97 Å². The number of halogens is 3. The van der Waals surface area contributed by atoms with Crippen molar-refractivity contribution in [2.75, 3.05) is 48.3 Å². The van der Waals surface area contributed by atoms with Crippen molar-refractivity contribution < 1.29 is 18.0 Å². The standard InChI is InChI=1S/C29H29F3N8O/c1-3-39-9-11-40(12-10-39)24-14-21(13-22(15-24)29(30,31)32)27(41)36-23-16-26(19(2)35-18-23)38-28-34-8-6-25(37-28)20-5-4-7-33-17-20/h4-8,13-18H,3,9-12H2,1-2H3,(H,36,41)(H,34,37,38). The zero-order valence-electron chi connectivity index (χ0n) is 22.6. The Morgan fingerprint density at radius 2 is 1.80 bits per heavy atom. The number of hydrogen-bond donors (Lipinski definition) is 2. The van der Waals surface area contributed by atoms with Crippen LogP contribution in [0.1, 0.15) is 28.5 Å². The van der Waals surface area contributed by atoms with E-state index in [4.69, 9.17) is 0 Å². The van der Waals surface area contributed by atoms with E-state index in [9.17, 15) is 18.0 Å². The second-order valence-electron chi connectivity index (χ2n) is 9.63. The Bertz CT molecular complexity index is 1520. The highest BCUT2D eigenvalue weighted by molar-refractivity contribution is 6.05. The molecule has 12 heteroatoms. The first kappa shape index (κ1) is 28.0. The second-order valence-corrected chi connectivity index (χ2v) is 9.63. The molecule has 4 heterocycles. The van der Waals surface area contributed by atoms with Gasteiger partial charge in [0.15, 0.2) is 0 Å². The average Bonchev–Trinajstić information content (AvgIpc) is 2.99. The summed E-state index contributed by atoms with van der Waals surface area (Å²) >= 11 is 0. The molecule has 1 fully saturated rings. The van der Waals surface area contributed by atoms with Gasteiger partial charge >= 0.3 is 6.18 Å². The van der Waals surface area contributed by atoms with Gasteiger partial charge in [0, 0.05) is 61.6 Å². The molecule has 4 aromatic rings. The molecule has 41 heavy (non-hydrogen) atoms. The van der Waals surface area contributed by atoms with Crippen molar-refractivity contribution in [3.63, 3.8) is 0 Å². The van der Waals surface area contributed by atoms with Gasteiger partial charge in [-0.15, -0.1) is 0 Å². The fourth-order valence-electron chi connectivity index (χ4n) is 4.56. The Labute approximate surface area is 235 Å². The second kappa shape index (κ2) is 11.9. The minimum Gasteiger partial charge on any atom is -0.369 e. The summed E-state index contributed by atoms with van der Waals surface area (Å²) in [5, 5.41) is 5.80. The number of hydrogen-bond acceptors (Lipinski definition) is 8. The van der Waals surface area contributed by atoms with Crippen molar-refractivity contribution in [1.82, 2.24) is 24.8 Å². The number of likely N-dealkylation sites (N-methyl/N-ethyl adjacent to an activating group) is 1. The molecule has 0 atom stereocenters. The predicted octanol–water partition coefficient (Wildman–Crippen LogP) is 5.40. The third-order valence-electron chi connectivity index (χ3n) is 6.90. The molecule has 0 bridgehead atoms. The lowest BCUT2D eigenvalue weighted by Gasteiger charge is -2.36. The third kappa shape index (κ3) is 6.77. The largest absolute Gasteiger partial charge is 0.416 e. The lowest BCUT2D eigenvalue weighted by molar-refractivity contribution is -0.137. The minimum atomic E-state index is -4.59. The van der Waals surface area contributed by atoms with Gasteiger partial charge in [0.1, 0.15) is 0 Å². The van der Waals surface area contributed by atoms with E-state index in [2.05, 4.69) is 42.4 Å². The van der Waals surface area contributed by atoms with Crippen molar-refractivity contribution >= 4 is 28.9 Å². The van der Waals surface area contributed by atoms with E-state index < -0.39 is 17.6 Å². The summed E-state index contributed by atoms with van der Waals surface area (Å²) in [5.41, 5.74) is 2.36. The van der Waals surface area contributed by atoms with Crippen LogP contribution in [-0.2, 0) is 6.18 Å². The third-order valence-corrected chi connectivity index (χ3v) is 6.90. The molecular formula is C29H29F3N8O. The Balaban J connectivity index is 1.36. The molecule has 1 amide bonds. The van der Waals surface area contributed by atoms with Crippen LogP contribution < -0.4 is 15.5 Å². The monoisotopic (exact) mass is 562 g/mol. The highest BCUT2D eigenvalue weighted by Gasteiger charge is 2.33. The van der Waals surface area contributed by atoms with Crippen LogP contribution in [0.4, 0.5) is 36.2 Å². The van der Waals surface area contributed by atoms with E-state index in [1.54, 1.807) is 37.6 Å². The van der Waals surface area contributed by atoms with Gasteiger partial charge in [-0.3, -0.25) is 14.8 Å². The van der Waals surface area contributed by atoms with Crippen molar-refractivity contribution in [3.05, 3.63) is 84.1 Å². The molecule has 2 N–H and O–H groups in total. The van der Waals surface area contributed by atoms with Gasteiger partial charge in [-0.05, 0) is 55.9 Å². The molecule has 1 aliphatic rings. The SMILES string of the molecule is CCN1CCN(c2cc(C(=O)Nc3cnc(C)c(Nc4nccc(-c5cccnc5)n4)c3)cc(C(F)(F)F)c2)CC1. The molecule has 0 aliphatic carbocycles. The maximum atomic E-state index is 13.8. The summed E-state index contributed by atoms with van der Waals surface area (Å²) < 4.78 is 41.3. The number of nitrogens with zero attached hydrogens (tertiary/aromatic N) is 6. The lowest BCUT2D eigenvalue weighted by Crippen LogP contribution is -2.46. The van der Waals surface area contributed by atoms with Crippen LogP contribution >= 0.6 is 0 Å². The summed E-state index contributed by atoms with van der Waals surface area (Å²) in [5.74, 6) is -0.360. The molecule has 5 rings (SSSR count). The van der Waals surface area contributed by atoms with Crippen molar-refractivity contribution in [1.29, 1.82) is 0 Å². The Hall–Kier alpha value is -4.58. The Morgan fingerprint density at radius 3 is 2.51 bits per heavy atom. The van der Waals surface area contributed by atoms with Crippen LogP contribution in [0, 0.1) is 6.92 Å². The molecular weight excluding hydrogens is 533 g/mol. The van der Waals surface area contributed by atoms with Crippen LogP contribution in [0.2, 0.25) is 0 Å². The number of aromatic nitrogens is 4. The topological polar surface area (TPSA) is 99.2 Å². The van der Waals surface area contributed by atoms with Crippen molar-refractivity contribution in [3.8, 4) is 11.3 Å². The number of aryl methyl sites for hydroxylation is 1. The van der Waals surface area contributed by atoms with Crippen LogP contribution in [0.5, 0.6) is 0 Å². The van der Waals surface area contributed by atoms with Crippen LogP contribution in [0.3, 0.4) is 0 Å². The normalized spacial score (nSPS) is 14.1. The fraction of sp³-hybridized carbons (Fsp3) is 0.276. The zero-order chi connectivity index (χ0) is 29.0. The number of pyridine rings is 2. The lowest BCUT2D eigenvalue weighted by atomic mass is 10.1. The number of benzene rings is 1. The molecule has 0 unspecified atom stereocenters. The smallest absolute Gasteiger partial charge is 0.369 e. The van der Waals surface area contributed by atoms with Gasteiger partial charge in [0.25, 0.3) is 5.91 Å². The zero-order valence-corrected chi connectivity index (χ0v) is 22.6. The molecule has 0 spiro atoms. The highest BCUT2D eigenvalue weighted by atomic mass is 19.4. The van der Waals surface area contributed by atoms with E-state index in [0.717, 1.165) is 37.3 Å². The van der Waals surface area contributed by atoms with Crippen molar-refractivity contribution in [2.24, 2.45) is 0 Å². The van der Waals surface area contributed by atoms with Gasteiger partial charge in [-0.2, -0.15) is 13.2 Å². The number of nitrogens with one attached hydrogen (secondary N) is 2. The number of piperazine rings is 1. The van der Waals surface area contributed by atoms with Gasteiger partial charge < -0.3 is 20.4 Å². The van der Waals surface area contributed by atoms with Crippen LogP contribution in [0.25, 0.3) is 11.3 Å². The minimum absolute atomic E-state index is 0.0877. The van der Waals surface area contributed by atoms with Crippen molar-refractivity contribution in [2.45, 2.75) is 20.0 Å². The summed E-state index contributed by atoms with van der Waals surface area (Å²) in [6.07, 6.45) is 1.83. The molecule has 1 saturated heterocycles. The Morgan fingerprint density at radius 1 is 1.00 bits per heavy atom. The highest BCUT2D eigenvalue weighted by Crippen LogP contribution is 2.34. The van der Waals surface area contributed by atoms with E-state index in [-0.39, 0.29) is 5.56 Å². The Kier molecular flexibility index (Phi) is 8.11.